The quantitative estimate of drug-likeness (QED) is 0.622. The summed E-state index contributed by atoms with van der Waals surface area (Å²) in [5.41, 5.74) is 1.30. The van der Waals surface area contributed by atoms with Gasteiger partial charge in [-0.3, -0.25) is 9.79 Å². The van der Waals surface area contributed by atoms with Gasteiger partial charge in [-0.25, -0.2) is 14.2 Å². The highest BCUT2D eigenvalue weighted by molar-refractivity contribution is 7.11. The molecule has 1 atom stereocenters. The summed E-state index contributed by atoms with van der Waals surface area (Å²) in [5, 5.41) is 5.67. The van der Waals surface area contributed by atoms with Crippen LogP contribution in [0.3, 0.4) is 0 Å². The van der Waals surface area contributed by atoms with E-state index in [0.717, 1.165) is 0 Å². The zero-order chi connectivity index (χ0) is 23.5. The summed E-state index contributed by atoms with van der Waals surface area (Å²) in [4.78, 5) is 34.0. The molecule has 0 saturated heterocycles. The molecule has 0 spiro atoms. The first-order chi connectivity index (χ1) is 15.9. The molecule has 1 aliphatic heterocycles. The Morgan fingerprint density at radius 3 is 2.58 bits per heavy atom. The van der Waals surface area contributed by atoms with Crippen LogP contribution < -0.4 is 5.32 Å². The van der Waals surface area contributed by atoms with Crippen molar-refractivity contribution in [3.05, 3.63) is 62.5 Å². The van der Waals surface area contributed by atoms with Crippen molar-refractivity contribution in [2.75, 3.05) is 14.2 Å². The van der Waals surface area contributed by atoms with Gasteiger partial charge in [0.1, 0.15) is 11.9 Å². The van der Waals surface area contributed by atoms with E-state index in [0.29, 0.717) is 47.8 Å². The van der Waals surface area contributed by atoms with Crippen molar-refractivity contribution in [2.24, 2.45) is 16.8 Å². The van der Waals surface area contributed by atoms with Crippen molar-refractivity contribution in [1.82, 2.24) is 10.3 Å². The second-order valence-electron chi connectivity index (χ2n) is 7.88. The van der Waals surface area contributed by atoms with Gasteiger partial charge in [-0.2, -0.15) is 0 Å². The molecular weight excluding hydrogens is 469 g/mol. The number of benzene rings is 1. The van der Waals surface area contributed by atoms with Gasteiger partial charge in [0.2, 0.25) is 0 Å². The number of hydrogen-bond acceptors (Lipinski definition) is 8. The van der Waals surface area contributed by atoms with Crippen LogP contribution in [0.15, 0.2) is 46.0 Å². The molecule has 33 heavy (non-hydrogen) atoms. The molecule has 4 rings (SSSR count). The lowest BCUT2D eigenvalue weighted by Gasteiger charge is -2.34. The minimum absolute atomic E-state index is 0.0553. The summed E-state index contributed by atoms with van der Waals surface area (Å²) in [7, 11) is 2.69. The van der Waals surface area contributed by atoms with Crippen LogP contribution in [0.4, 0.5) is 4.39 Å². The Kier molecular flexibility index (Phi) is 7.09. The lowest BCUT2D eigenvalue weighted by molar-refractivity contribution is -0.146. The normalized spacial score (nSPS) is 22.9. The number of hydrogen-bond donors (Lipinski definition) is 1. The number of carbonyl (C=O) groups is 2. The average Bonchev–Trinajstić information content (AvgIpc) is 3.39. The van der Waals surface area contributed by atoms with Gasteiger partial charge < -0.3 is 14.8 Å². The zero-order valence-electron chi connectivity index (χ0n) is 18.1. The minimum atomic E-state index is -0.867. The summed E-state index contributed by atoms with van der Waals surface area (Å²) >= 11 is 7.71. The Balaban J connectivity index is 1.80. The molecule has 0 radical (unpaired) electrons. The fourth-order valence-corrected chi connectivity index (χ4v) is 5.23. The summed E-state index contributed by atoms with van der Waals surface area (Å²) in [6.45, 7) is 0. The maximum atomic E-state index is 14.3. The molecule has 2 aromatic rings. The number of thiazole rings is 1. The summed E-state index contributed by atoms with van der Waals surface area (Å²) in [5.74, 6) is -1.13. The molecule has 0 amide bonds. The largest absolute Gasteiger partial charge is 0.469 e. The monoisotopic (exact) mass is 491 g/mol. The van der Waals surface area contributed by atoms with Gasteiger partial charge in [0, 0.05) is 22.8 Å². The highest BCUT2D eigenvalue weighted by atomic mass is 35.5. The third-order valence-corrected chi connectivity index (χ3v) is 7.24. The molecule has 1 aromatic carbocycles. The Bertz CT molecular complexity index is 1110. The van der Waals surface area contributed by atoms with E-state index in [2.05, 4.69) is 10.3 Å². The summed E-state index contributed by atoms with van der Waals surface area (Å²) in [6, 6.07) is 3.58. The predicted octanol–water partition coefficient (Wildman–Crippen LogP) is 4.43. The number of aliphatic imine (C=N–C) groups is 1. The number of allylic oxidation sites excluding steroid dienone is 1. The van der Waals surface area contributed by atoms with Gasteiger partial charge in [-0.1, -0.05) is 23.7 Å². The van der Waals surface area contributed by atoms with Gasteiger partial charge in [-0.05, 0) is 37.7 Å². The maximum absolute atomic E-state index is 14.3. The third kappa shape index (κ3) is 4.65. The lowest BCUT2D eigenvalue weighted by atomic mass is 9.78. The standard InChI is InChI=1S/C23H23ClFN3O4S/c1-31-22(29)13-8-6-12(7-9-13)18-16(23(30)32-2)19(14-4-3-5-15(25)17(14)24)28-20(27-18)21-26-10-11-33-21/h3-5,10-13,19H,6-9H2,1-2H3,(H,27,28). The van der Waals surface area contributed by atoms with Crippen LogP contribution in [0.25, 0.3) is 0 Å². The van der Waals surface area contributed by atoms with Crippen LogP contribution in [-0.4, -0.2) is 37.0 Å². The van der Waals surface area contributed by atoms with Crippen LogP contribution in [0, 0.1) is 17.7 Å². The van der Waals surface area contributed by atoms with Crippen molar-refractivity contribution in [3.63, 3.8) is 0 Å². The number of esters is 2. The minimum Gasteiger partial charge on any atom is -0.469 e. The summed E-state index contributed by atoms with van der Waals surface area (Å²) in [6.07, 6.45) is 4.25. The van der Waals surface area contributed by atoms with Crippen molar-refractivity contribution < 1.29 is 23.5 Å². The van der Waals surface area contributed by atoms with Crippen molar-refractivity contribution in [3.8, 4) is 0 Å². The van der Waals surface area contributed by atoms with E-state index in [1.165, 1.54) is 37.7 Å². The topological polar surface area (TPSA) is 89.9 Å². The molecule has 1 fully saturated rings. The van der Waals surface area contributed by atoms with E-state index in [9.17, 15) is 14.0 Å². The van der Waals surface area contributed by atoms with Crippen LogP contribution in [0.2, 0.25) is 5.02 Å². The third-order valence-electron chi connectivity index (χ3n) is 6.06. The maximum Gasteiger partial charge on any atom is 0.338 e. The SMILES string of the molecule is COC(=O)C1=C(C2CCC(C(=O)OC)CC2)NC(c2nccs2)=NC1c1cccc(F)c1Cl. The van der Waals surface area contributed by atoms with Crippen LogP contribution in [0.1, 0.15) is 42.3 Å². The van der Waals surface area contributed by atoms with E-state index in [4.69, 9.17) is 26.1 Å². The molecule has 0 bridgehead atoms. The molecule has 7 nitrogen and oxygen atoms in total. The highest BCUT2D eigenvalue weighted by Gasteiger charge is 2.38. The van der Waals surface area contributed by atoms with Gasteiger partial charge in [0.05, 0.1) is 30.7 Å². The second kappa shape index (κ2) is 10.0. The number of amidine groups is 1. The molecule has 174 valence electrons. The van der Waals surface area contributed by atoms with Gasteiger partial charge in [-0.15, -0.1) is 11.3 Å². The van der Waals surface area contributed by atoms with Crippen LogP contribution in [0.5, 0.6) is 0 Å². The Morgan fingerprint density at radius 1 is 1.18 bits per heavy atom. The summed E-state index contributed by atoms with van der Waals surface area (Å²) < 4.78 is 24.3. The molecule has 2 heterocycles. The first-order valence-corrected chi connectivity index (χ1v) is 11.8. The van der Waals surface area contributed by atoms with E-state index in [1.54, 1.807) is 12.3 Å². The van der Waals surface area contributed by atoms with Gasteiger partial charge in [0.15, 0.2) is 10.8 Å². The zero-order valence-corrected chi connectivity index (χ0v) is 19.7. The number of ether oxygens (including phenoxy) is 2. The molecule has 10 heteroatoms. The lowest BCUT2D eigenvalue weighted by Crippen LogP contribution is -2.38. The number of carbonyl (C=O) groups excluding carboxylic acids is 2. The first-order valence-electron chi connectivity index (χ1n) is 10.5. The average molecular weight is 492 g/mol. The number of nitrogens with one attached hydrogen (secondary N) is 1. The van der Waals surface area contributed by atoms with Gasteiger partial charge in [0.25, 0.3) is 0 Å². The van der Waals surface area contributed by atoms with Crippen molar-refractivity contribution in [2.45, 2.75) is 31.7 Å². The van der Waals surface area contributed by atoms with Crippen molar-refractivity contribution in [1.29, 1.82) is 0 Å². The van der Waals surface area contributed by atoms with E-state index >= 15 is 0 Å². The van der Waals surface area contributed by atoms with Crippen LogP contribution >= 0.6 is 22.9 Å². The Labute approximate surface area is 199 Å². The molecule has 1 unspecified atom stereocenters. The molecule has 1 aliphatic carbocycles. The smallest absolute Gasteiger partial charge is 0.338 e. The fourth-order valence-electron chi connectivity index (χ4n) is 4.41. The van der Waals surface area contributed by atoms with E-state index < -0.39 is 17.8 Å². The molecule has 1 N–H and O–H groups in total. The number of nitrogens with zero attached hydrogens (tertiary/aromatic N) is 2. The fraction of sp³-hybridized carbons (Fsp3) is 0.391. The number of methoxy groups -OCH3 is 2. The number of aromatic nitrogens is 1. The molecule has 1 aromatic heterocycles. The predicted molar refractivity (Wildman–Crippen MR) is 122 cm³/mol. The Hall–Kier alpha value is -2.78. The number of rotatable bonds is 5. The Morgan fingerprint density at radius 2 is 1.94 bits per heavy atom. The van der Waals surface area contributed by atoms with E-state index in [-0.39, 0.29) is 28.4 Å². The molecular formula is C23H23ClFN3O4S. The van der Waals surface area contributed by atoms with Crippen molar-refractivity contribution >= 4 is 40.7 Å². The first kappa shape index (κ1) is 23.4. The van der Waals surface area contributed by atoms with Crippen LogP contribution in [-0.2, 0) is 19.1 Å². The molecule has 2 aliphatic rings. The number of halogens is 2. The van der Waals surface area contributed by atoms with E-state index in [1.807, 2.05) is 5.38 Å². The second-order valence-corrected chi connectivity index (χ2v) is 9.15. The molecule has 1 saturated carbocycles. The van der Waals surface area contributed by atoms with Gasteiger partial charge >= 0.3 is 11.9 Å². The highest BCUT2D eigenvalue weighted by Crippen LogP contribution is 2.42.